The van der Waals surface area contributed by atoms with Gasteiger partial charge in [-0.05, 0) is 32.6 Å². The van der Waals surface area contributed by atoms with Gasteiger partial charge in [0.1, 0.15) is 0 Å². The zero-order valence-electron chi connectivity index (χ0n) is 10.0. The average Bonchev–Trinajstić information content (AvgIpc) is 2.54. The molecule has 0 spiro atoms. The highest BCUT2D eigenvalue weighted by molar-refractivity contribution is 7.89. The van der Waals surface area contributed by atoms with Gasteiger partial charge < -0.3 is 5.73 Å². The van der Waals surface area contributed by atoms with Crippen LogP contribution >= 0.6 is 12.4 Å². The third kappa shape index (κ3) is 5.48. The van der Waals surface area contributed by atoms with Gasteiger partial charge in [-0.25, -0.2) is 13.1 Å². The molecule has 0 unspecified atom stereocenters. The van der Waals surface area contributed by atoms with Crippen LogP contribution in [0.2, 0.25) is 0 Å². The van der Waals surface area contributed by atoms with Gasteiger partial charge in [0.05, 0.1) is 5.75 Å². The minimum atomic E-state index is -3.16. The molecular weight excluding hydrogens is 248 g/mol. The number of hydrogen-bond donors (Lipinski definition) is 2. The van der Waals surface area contributed by atoms with Gasteiger partial charge in [0.2, 0.25) is 10.0 Å². The lowest BCUT2D eigenvalue weighted by molar-refractivity contribution is 0.456. The Bertz CT molecular complexity index is 298. The van der Waals surface area contributed by atoms with Gasteiger partial charge in [0, 0.05) is 12.1 Å². The van der Waals surface area contributed by atoms with Crippen molar-refractivity contribution >= 4 is 22.4 Å². The van der Waals surface area contributed by atoms with Gasteiger partial charge in [0.25, 0.3) is 0 Å². The Kier molecular flexibility index (Phi) is 6.25. The lowest BCUT2D eigenvalue weighted by Crippen LogP contribution is -2.50. The zero-order chi connectivity index (χ0) is 11.5. The molecule has 0 heterocycles. The van der Waals surface area contributed by atoms with Crippen LogP contribution in [0.4, 0.5) is 0 Å². The molecule has 98 valence electrons. The maximum Gasteiger partial charge on any atom is 0.212 e. The highest BCUT2D eigenvalue weighted by atomic mass is 35.5. The van der Waals surface area contributed by atoms with E-state index in [1.807, 2.05) is 0 Å². The van der Waals surface area contributed by atoms with Crippen molar-refractivity contribution in [3.8, 4) is 0 Å². The van der Waals surface area contributed by atoms with E-state index >= 15 is 0 Å². The molecule has 0 aromatic carbocycles. The predicted molar refractivity (Wildman–Crippen MR) is 69.3 cm³/mol. The highest BCUT2D eigenvalue weighted by Gasteiger charge is 2.27. The summed E-state index contributed by atoms with van der Waals surface area (Å²) in [6.45, 7) is 3.93. The van der Waals surface area contributed by atoms with Crippen LogP contribution in [0.5, 0.6) is 0 Å². The molecule has 0 bridgehead atoms. The van der Waals surface area contributed by atoms with Crippen LogP contribution in [-0.2, 0) is 10.0 Å². The van der Waals surface area contributed by atoms with Gasteiger partial charge in [-0.15, -0.1) is 12.4 Å². The van der Waals surface area contributed by atoms with E-state index in [9.17, 15) is 8.42 Å². The second kappa shape index (κ2) is 6.19. The fourth-order valence-electron chi connectivity index (χ4n) is 1.99. The molecule has 4 nitrogen and oxygen atoms in total. The molecule has 0 aliphatic heterocycles. The van der Waals surface area contributed by atoms with Crippen molar-refractivity contribution in [2.45, 2.75) is 45.1 Å². The molecule has 16 heavy (non-hydrogen) atoms. The predicted octanol–water partition coefficient (Wildman–Crippen LogP) is 1.26. The van der Waals surface area contributed by atoms with Crippen molar-refractivity contribution in [3.05, 3.63) is 0 Å². The van der Waals surface area contributed by atoms with Crippen LogP contribution in [-0.4, -0.2) is 26.3 Å². The zero-order valence-corrected chi connectivity index (χ0v) is 11.7. The van der Waals surface area contributed by atoms with E-state index in [2.05, 4.69) is 4.72 Å². The Labute approximate surface area is 105 Å². The molecule has 0 aromatic heterocycles. The number of halogens is 1. The lowest BCUT2D eigenvalue weighted by Gasteiger charge is -2.24. The molecule has 1 aliphatic rings. The van der Waals surface area contributed by atoms with Crippen LogP contribution in [0.1, 0.15) is 39.5 Å². The Hall–Kier alpha value is 0.160. The molecule has 0 amide bonds. The maximum atomic E-state index is 11.8. The molecule has 1 saturated carbocycles. The Morgan fingerprint density at radius 1 is 1.31 bits per heavy atom. The molecule has 6 heteroatoms. The highest BCUT2D eigenvalue weighted by Crippen LogP contribution is 2.25. The molecule has 1 rings (SSSR count). The molecule has 3 N–H and O–H groups in total. The summed E-state index contributed by atoms with van der Waals surface area (Å²) in [4.78, 5) is 0. The van der Waals surface area contributed by atoms with Gasteiger partial charge in [-0.1, -0.05) is 12.8 Å². The van der Waals surface area contributed by atoms with E-state index in [-0.39, 0.29) is 18.2 Å². The quantitative estimate of drug-likeness (QED) is 0.790. The first-order valence-electron chi connectivity index (χ1n) is 5.56. The number of rotatable bonds is 5. The normalized spacial score (nSPS) is 18.4. The second-order valence-electron chi connectivity index (χ2n) is 5.12. The molecule has 1 fully saturated rings. The monoisotopic (exact) mass is 270 g/mol. The minimum Gasteiger partial charge on any atom is -0.329 e. The van der Waals surface area contributed by atoms with Crippen molar-refractivity contribution in [3.63, 3.8) is 0 Å². The first kappa shape index (κ1) is 16.2. The van der Waals surface area contributed by atoms with Crippen LogP contribution < -0.4 is 10.5 Å². The van der Waals surface area contributed by atoms with Crippen LogP contribution in [0, 0.1) is 5.92 Å². The van der Waals surface area contributed by atoms with E-state index < -0.39 is 15.6 Å². The molecular formula is C10H23ClN2O2S. The Morgan fingerprint density at radius 3 is 2.25 bits per heavy atom. The maximum absolute atomic E-state index is 11.8. The average molecular weight is 271 g/mol. The van der Waals surface area contributed by atoms with Crippen LogP contribution in [0.25, 0.3) is 0 Å². The summed E-state index contributed by atoms with van der Waals surface area (Å²) in [5.74, 6) is 0.604. The number of hydrogen-bond acceptors (Lipinski definition) is 3. The molecule has 0 aromatic rings. The smallest absolute Gasteiger partial charge is 0.212 e. The fourth-order valence-corrected chi connectivity index (χ4v) is 3.95. The summed E-state index contributed by atoms with van der Waals surface area (Å²) in [7, 11) is -3.16. The van der Waals surface area contributed by atoms with E-state index in [1.54, 1.807) is 13.8 Å². The molecule has 0 saturated heterocycles. The summed E-state index contributed by atoms with van der Waals surface area (Å²) >= 11 is 0. The van der Waals surface area contributed by atoms with E-state index in [0.29, 0.717) is 12.5 Å². The lowest BCUT2D eigenvalue weighted by atomic mass is 10.1. The molecule has 0 atom stereocenters. The van der Waals surface area contributed by atoms with Crippen molar-refractivity contribution in [1.29, 1.82) is 0 Å². The van der Waals surface area contributed by atoms with Crippen molar-refractivity contribution < 1.29 is 8.42 Å². The first-order valence-corrected chi connectivity index (χ1v) is 7.21. The third-order valence-corrected chi connectivity index (χ3v) is 4.65. The van der Waals surface area contributed by atoms with Crippen LogP contribution in [0.3, 0.4) is 0 Å². The summed E-state index contributed by atoms with van der Waals surface area (Å²) in [6, 6.07) is 0. The van der Waals surface area contributed by atoms with E-state index in [4.69, 9.17) is 5.73 Å². The Balaban J connectivity index is 0.00000225. The first-order chi connectivity index (χ1) is 6.85. The second-order valence-corrected chi connectivity index (χ2v) is 6.89. The summed E-state index contributed by atoms with van der Waals surface area (Å²) < 4.78 is 26.2. The van der Waals surface area contributed by atoms with Gasteiger partial charge in [-0.3, -0.25) is 0 Å². The minimum absolute atomic E-state index is 0. The van der Waals surface area contributed by atoms with E-state index in [1.165, 1.54) is 12.8 Å². The Morgan fingerprint density at radius 2 is 1.81 bits per heavy atom. The van der Waals surface area contributed by atoms with Crippen molar-refractivity contribution in [1.82, 2.24) is 4.72 Å². The van der Waals surface area contributed by atoms with Gasteiger partial charge >= 0.3 is 0 Å². The number of sulfonamides is 1. The summed E-state index contributed by atoms with van der Waals surface area (Å²) in [6.07, 6.45) is 4.43. The topological polar surface area (TPSA) is 72.2 Å². The van der Waals surface area contributed by atoms with E-state index in [0.717, 1.165) is 12.8 Å². The third-order valence-electron chi connectivity index (χ3n) is 2.87. The largest absolute Gasteiger partial charge is 0.329 e. The van der Waals surface area contributed by atoms with Gasteiger partial charge in [-0.2, -0.15) is 0 Å². The summed E-state index contributed by atoms with van der Waals surface area (Å²) in [5, 5.41) is 0. The summed E-state index contributed by atoms with van der Waals surface area (Å²) in [5.41, 5.74) is 4.96. The number of nitrogens with one attached hydrogen (secondary N) is 1. The SMILES string of the molecule is CC(C)(CN)NS(=O)(=O)CC1CCCC1.Cl. The van der Waals surface area contributed by atoms with Crippen LogP contribution in [0.15, 0.2) is 0 Å². The fraction of sp³-hybridized carbons (Fsp3) is 1.00. The number of nitrogens with two attached hydrogens (primary N) is 1. The standard InChI is InChI=1S/C10H22N2O2S.ClH/c1-10(2,8-11)12-15(13,14)7-9-5-3-4-6-9;/h9,12H,3-8,11H2,1-2H3;1H. The molecule has 0 radical (unpaired) electrons. The van der Waals surface area contributed by atoms with Gasteiger partial charge in [0.15, 0.2) is 0 Å². The van der Waals surface area contributed by atoms with Crippen molar-refractivity contribution in [2.24, 2.45) is 11.7 Å². The van der Waals surface area contributed by atoms with Crippen molar-refractivity contribution in [2.75, 3.05) is 12.3 Å². The molecule has 1 aliphatic carbocycles.